The molecular formula is C21H18N6O5. The number of hydrogen-bond acceptors (Lipinski definition) is 9. The number of methoxy groups -OCH3 is 1. The largest absolute Gasteiger partial charge is 0.464 e. The molecule has 0 fully saturated rings. The number of anilines is 1. The Bertz CT molecular complexity index is 1230. The average molecular weight is 434 g/mol. The first-order chi connectivity index (χ1) is 15.4. The van der Waals surface area contributed by atoms with Crippen LogP contribution in [0.3, 0.4) is 0 Å². The third-order valence-electron chi connectivity index (χ3n) is 5.20. The first-order valence-electron chi connectivity index (χ1n) is 9.70. The molecule has 2 aromatic carbocycles. The number of aryl methyl sites for hydroxylation is 1. The number of carbonyl (C=O) groups excluding carboxylic acids is 2. The lowest BCUT2D eigenvalue weighted by molar-refractivity contribution is -0.384. The third kappa shape index (κ3) is 3.60. The van der Waals surface area contributed by atoms with Crippen molar-refractivity contribution in [1.82, 2.24) is 20.2 Å². The molecule has 32 heavy (non-hydrogen) atoms. The van der Waals surface area contributed by atoms with Crippen molar-refractivity contribution >= 4 is 23.4 Å². The van der Waals surface area contributed by atoms with Gasteiger partial charge in [-0.25, -0.2) is 4.79 Å². The van der Waals surface area contributed by atoms with Crippen molar-refractivity contribution in [2.75, 3.05) is 12.4 Å². The van der Waals surface area contributed by atoms with Crippen LogP contribution in [0.4, 0.5) is 11.6 Å². The van der Waals surface area contributed by atoms with E-state index in [1.54, 1.807) is 0 Å². The van der Waals surface area contributed by atoms with Gasteiger partial charge in [-0.15, -0.1) is 0 Å². The van der Waals surface area contributed by atoms with Gasteiger partial charge in [0.25, 0.3) is 5.69 Å². The fourth-order valence-electron chi connectivity index (χ4n) is 3.52. The predicted octanol–water partition coefficient (Wildman–Crippen LogP) is 2.47. The van der Waals surface area contributed by atoms with Crippen LogP contribution in [-0.4, -0.2) is 44.0 Å². The molecule has 4 rings (SSSR count). The van der Waals surface area contributed by atoms with Gasteiger partial charge in [-0.05, 0) is 40.1 Å². The molecular weight excluding hydrogens is 416 g/mol. The molecule has 0 bridgehead atoms. The summed E-state index contributed by atoms with van der Waals surface area (Å²) in [4.78, 5) is 36.6. The van der Waals surface area contributed by atoms with E-state index < -0.39 is 22.7 Å². The molecule has 162 valence electrons. The molecule has 1 aromatic heterocycles. The van der Waals surface area contributed by atoms with E-state index in [4.69, 9.17) is 4.74 Å². The van der Waals surface area contributed by atoms with Gasteiger partial charge in [-0.1, -0.05) is 36.3 Å². The zero-order valence-electron chi connectivity index (χ0n) is 17.2. The number of nitrogens with zero attached hydrogens (tertiary/aromatic N) is 5. The number of benzene rings is 2. The molecule has 11 nitrogen and oxygen atoms in total. The monoisotopic (exact) mass is 434 g/mol. The van der Waals surface area contributed by atoms with E-state index in [9.17, 15) is 19.7 Å². The van der Waals surface area contributed by atoms with Gasteiger partial charge in [0.05, 0.1) is 17.6 Å². The van der Waals surface area contributed by atoms with E-state index in [1.807, 2.05) is 31.2 Å². The van der Waals surface area contributed by atoms with Crippen molar-refractivity contribution in [3.05, 3.63) is 86.6 Å². The first kappa shape index (κ1) is 20.8. The Morgan fingerprint density at radius 3 is 2.44 bits per heavy atom. The molecule has 0 aliphatic carbocycles. The van der Waals surface area contributed by atoms with Crippen LogP contribution in [0.2, 0.25) is 0 Å². The van der Waals surface area contributed by atoms with Crippen LogP contribution < -0.4 is 5.32 Å². The molecule has 0 saturated carbocycles. The SMILES string of the molecule is CCc1ccc([C@H]2C(C(=O)c3ccc([N+](=O)[O-])cc3)=C(C(=O)OC)Nc3nnnn32)cc1. The van der Waals surface area contributed by atoms with Gasteiger partial charge in [-0.2, -0.15) is 4.68 Å². The van der Waals surface area contributed by atoms with E-state index in [0.29, 0.717) is 5.56 Å². The minimum atomic E-state index is -0.816. The van der Waals surface area contributed by atoms with E-state index in [1.165, 1.54) is 36.1 Å². The minimum Gasteiger partial charge on any atom is -0.464 e. The smallest absolute Gasteiger partial charge is 0.355 e. The number of ketones is 1. The van der Waals surface area contributed by atoms with Crippen molar-refractivity contribution < 1.29 is 19.2 Å². The molecule has 0 spiro atoms. The second-order valence-corrected chi connectivity index (χ2v) is 6.98. The number of ether oxygens (including phenoxy) is 1. The van der Waals surface area contributed by atoms with E-state index >= 15 is 0 Å². The van der Waals surface area contributed by atoms with Crippen molar-refractivity contribution in [3.63, 3.8) is 0 Å². The minimum absolute atomic E-state index is 0.0646. The van der Waals surface area contributed by atoms with Gasteiger partial charge < -0.3 is 10.1 Å². The molecule has 0 amide bonds. The lowest BCUT2D eigenvalue weighted by Crippen LogP contribution is -2.33. The second kappa shape index (κ2) is 8.38. The average Bonchev–Trinajstić information content (AvgIpc) is 3.30. The number of carbonyl (C=O) groups is 2. The normalized spacial score (nSPS) is 15.0. The highest BCUT2D eigenvalue weighted by Crippen LogP contribution is 2.36. The third-order valence-corrected chi connectivity index (χ3v) is 5.20. The first-order valence-corrected chi connectivity index (χ1v) is 9.70. The lowest BCUT2D eigenvalue weighted by Gasteiger charge is -2.28. The number of tetrazole rings is 1. The summed E-state index contributed by atoms with van der Waals surface area (Å²) in [6.45, 7) is 2.03. The molecule has 1 aliphatic heterocycles. The van der Waals surface area contributed by atoms with Crippen LogP contribution in [0, 0.1) is 10.1 Å². The van der Waals surface area contributed by atoms with Crippen LogP contribution in [0.15, 0.2) is 59.8 Å². The van der Waals surface area contributed by atoms with E-state index in [0.717, 1.165) is 12.0 Å². The van der Waals surface area contributed by atoms with Gasteiger partial charge in [0.2, 0.25) is 5.95 Å². The Labute approximate surface area is 181 Å². The van der Waals surface area contributed by atoms with Gasteiger partial charge in [0.15, 0.2) is 5.78 Å². The lowest BCUT2D eigenvalue weighted by atomic mass is 9.89. The summed E-state index contributed by atoms with van der Waals surface area (Å²) in [5.74, 6) is -1.10. The topological polar surface area (TPSA) is 142 Å². The fraction of sp³-hybridized carbons (Fsp3) is 0.190. The number of nitrogens with one attached hydrogen (secondary N) is 1. The second-order valence-electron chi connectivity index (χ2n) is 6.98. The Hall–Kier alpha value is -4.41. The molecule has 2 heterocycles. The predicted molar refractivity (Wildman–Crippen MR) is 112 cm³/mol. The van der Waals surface area contributed by atoms with E-state index in [2.05, 4.69) is 20.8 Å². The number of nitro groups is 1. The highest BCUT2D eigenvalue weighted by molar-refractivity contribution is 6.15. The van der Waals surface area contributed by atoms with Crippen LogP contribution >= 0.6 is 0 Å². The standard InChI is InChI=1S/C21H18N6O5/c1-3-12-4-6-13(7-5-12)18-16(19(28)14-8-10-15(11-9-14)27(30)31)17(20(29)32-2)22-21-23-24-25-26(18)21/h4-11,18H,3H2,1-2H3,(H,22,23,25)/t18-/m0/s1. The van der Waals surface area contributed by atoms with Gasteiger partial charge >= 0.3 is 5.97 Å². The van der Waals surface area contributed by atoms with Crippen molar-refractivity contribution in [2.45, 2.75) is 19.4 Å². The van der Waals surface area contributed by atoms with Gasteiger partial charge in [-0.3, -0.25) is 14.9 Å². The highest BCUT2D eigenvalue weighted by atomic mass is 16.6. The van der Waals surface area contributed by atoms with Crippen LogP contribution in [0.1, 0.15) is 34.5 Å². The maximum atomic E-state index is 13.6. The summed E-state index contributed by atoms with van der Waals surface area (Å²) < 4.78 is 6.30. The molecule has 0 saturated heterocycles. The zero-order chi connectivity index (χ0) is 22.8. The molecule has 1 aliphatic rings. The maximum absolute atomic E-state index is 13.6. The van der Waals surface area contributed by atoms with Gasteiger partial charge in [0.1, 0.15) is 11.7 Å². The van der Waals surface area contributed by atoms with Crippen LogP contribution in [0.25, 0.3) is 0 Å². The molecule has 3 aromatic rings. The Morgan fingerprint density at radius 2 is 1.84 bits per heavy atom. The zero-order valence-corrected chi connectivity index (χ0v) is 17.2. The van der Waals surface area contributed by atoms with Gasteiger partial charge in [0, 0.05) is 17.7 Å². The maximum Gasteiger partial charge on any atom is 0.355 e. The van der Waals surface area contributed by atoms with Crippen molar-refractivity contribution in [1.29, 1.82) is 0 Å². The summed E-state index contributed by atoms with van der Waals surface area (Å²) in [6, 6.07) is 11.9. The summed E-state index contributed by atoms with van der Waals surface area (Å²) in [6.07, 6.45) is 0.834. The molecule has 0 unspecified atom stereocenters. The summed E-state index contributed by atoms with van der Waals surface area (Å²) in [5, 5.41) is 25.3. The Kier molecular flexibility index (Phi) is 5.46. The van der Waals surface area contributed by atoms with Crippen LogP contribution in [0.5, 0.6) is 0 Å². The number of allylic oxidation sites excluding steroid dienone is 1. The molecule has 1 N–H and O–H groups in total. The number of fused-ring (bicyclic) bond motifs is 1. The molecule has 0 radical (unpaired) electrons. The number of nitro benzene ring substituents is 1. The number of esters is 1. The molecule has 1 atom stereocenters. The van der Waals surface area contributed by atoms with Crippen molar-refractivity contribution in [2.24, 2.45) is 0 Å². The Morgan fingerprint density at radius 1 is 1.16 bits per heavy atom. The fourth-order valence-corrected chi connectivity index (χ4v) is 3.52. The summed E-state index contributed by atoms with van der Waals surface area (Å²) in [7, 11) is 1.20. The van der Waals surface area contributed by atoms with Crippen molar-refractivity contribution in [3.8, 4) is 0 Å². The summed E-state index contributed by atoms with van der Waals surface area (Å²) >= 11 is 0. The number of hydrogen-bond donors (Lipinski definition) is 1. The molecule has 11 heteroatoms. The van der Waals surface area contributed by atoms with Crippen LogP contribution in [-0.2, 0) is 16.0 Å². The quantitative estimate of drug-likeness (QED) is 0.268. The highest BCUT2D eigenvalue weighted by Gasteiger charge is 2.38. The Balaban J connectivity index is 1.89. The number of rotatable bonds is 6. The summed E-state index contributed by atoms with van der Waals surface area (Å²) in [5.41, 5.74) is 1.77. The number of aromatic nitrogens is 4. The van der Waals surface area contributed by atoms with E-state index in [-0.39, 0.29) is 28.5 Å². The number of non-ortho nitro benzene ring substituents is 1. The number of Topliss-reactive ketones (excluding diaryl/α,β-unsaturated/α-hetero) is 1.